The van der Waals surface area contributed by atoms with Gasteiger partial charge < -0.3 is 10.1 Å². The van der Waals surface area contributed by atoms with Crippen LogP contribution in [-0.2, 0) is 9.59 Å². The lowest BCUT2D eigenvalue weighted by Gasteiger charge is -2.18. The summed E-state index contributed by atoms with van der Waals surface area (Å²) >= 11 is 1.20. The number of carbonyl (C=O) groups is 2. The Bertz CT molecular complexity index is 734. The van der Waals surface area contributed by atoms with Crippen LogP contribution in [0.3, 0.4) is 0 Å². The average Bonchev–Trinajstić information content (AvgIpc) is 2.88. The highest BCUT2D eigenvalue weighted by molar-refractivity contribution is 8.05. The summed E-state index contributed by atoms with van der Waals surface area (Å²) in [5, 5.41) is 11.9. The molecule has 0 aromatic heterocycles. The molecule has 1 unspecified atom stereocenters. The second kappa shape index (κ2) is 7.70. The first kappa shape index (κ1) is 17.6. The molecule has 2 rings (SSSR count). The van der Waals surface area contributed by atoms with Crippen LogP contribution in [0.15, 0.2) is 47.5 Å². The first-order valence-electron chi connectivity index (χ1n) is 7.21. The normalized spacial score (nSPS) is 18.8. The van der Waals surface area contributed by atoms with Gasteiger partial charge in [0, 0.05) is 12.2 Å². The number of thioether (sulfide) groups is 1. The van der Waals surface area contributed by atoms with E-state index < -0.39 is 5.91 Å². The molecule has 1 N–H and O–H groups in total. The van der Waals surface area contributed by atoms with Gasteiger partial charge in [0.1, 0.15) is 22.4 Å². The van der Waals surface area contributed by atoms with Crippen molar-refractivity contribution in [1.29, 1.82) is 5.26 Å². The molecule has 0 aliphatic carbocycles. The van der Waals surface area contributed by atoms with E-state index in [0.717, 1.165) is 0 Å². The molecule has 2 amide bonds. The quantitative estimate of drug-likeness (QED) is 0.503. The van der Waals surface area contributed by atoms with Crippen molar-refractivity contribution < 1.29 is 14.3 Å². The molecule has 6 nitrogen and oxygen atoms in total. The molecule has 1 aliphatic heterocycles. The minimum atomic E-state index is -0.527. The van der Waals surface area contributed by atoms with E-state index in [-0.39, 0.29) is 23.3 Å². The van der Waals surface area contributed by atoms with Gasteiger partial charge >= 0.3 is 0 Å². The predicted molar refractivity (Wildman–Crippen MR) is 93.4 cm³/mol. The van der Waals surface area contributed by atoms with E-state index in [1.807, 2.05) is 6.07 Å². The molecule has 1 heterocycles. The van der Waals surface area contributed by atoms with Gasteiger partial charge in [-0.05, 0) is 31.2 Å². The number of rotatable bonds is 5. The van der Waals surface area contributed by atoms with Crippen LogP contribution in [0.5, 0.6) is 5.75 Å². The fourth-order valence-electron chi connectivity index (χ4n) is 2.15. The van der Waals surface area contributed by atoms with Gasteiger partial charge in [0.05, 0.1) is 12.4 Å². The van der Waals surface area contributed by atoms with Crippen LogP contribution >= 0.6 is 11.8 Å². The van der Waals surface area contributed by atoms with E-state index in [0.29, 0.717) is 16.5 Å². The maximum Gasteiger partial charge on any atom is 0.264 e. The minimum Gasteiger partial charge on any atom is -0.497 e. The monoisotopic (exact) mass is 343 g/mol. The fraction of sp³-hybridized carbons (Fsp3) is 0.235. The van der Waals surface area contributed by atoms with Crippen molar-refractivity contribution in [1.82, 2.24) is 5.32 Å². The van der Waals surface area contributed by atoms with Gasteiger partial charge in [-0.2, -0.15) is 5.26 Å². The zero-order valence-corrected chi connectivity index (χ0v) is 14.2. The third kappa shape index (κ3) is 3.44. The Hall–Kier alpha value is -2.72. The lowest BCUT2D eigenvalue weighted by molar-refractivity contribution is -0.117. The Morgan fingerprint density at radius 3 is 2.71 bits per heavy atom. The molecule has 0 radical (unpaired) electrons. The number of methoxy groups -OCH3 is 1. The van der Waals surface area contributed by atoms with E-state index in [1.54, 1.807) is 38.3 Å². The number of nitrogens with one attached hydrogen (secondary N) is 1. The summed E-state index contributed by atoms with van der Waals surface area (Å²) < 4.78 is 5.11. The van der Waals surface area contributed by atoms with Crippen LogP contribution in [0.2, 0.25) is 0 Å². The zero-order valence-electron chi connectivity index (χ0n) is 13.4. The average molecular weight is 343 g/mol. The van der Waals surface area contributed by atoms with Crippen LogP contribution in [0.25, 0.3) is 0 Å². The molecule has 124 valence electrons. The van der Waals surface area contributed by atoms with E-state index in [4.69, 9.17) is 4.74 Å². The molecule has 1 saturated heterocycles. The predicted octanol–water partition coefficient (Wildman–Crippen LogP) is 2.20. The molecule has 1 atom stereocenters. The first-order chi connectivity index (χ1) is 11.5. The van der Waals surface area contributed by atoms with Gasteiger partial charge in [-0.15, -0.1) is 6.58 Å². The van der Waals surface area contributed by atoms with Gasteiger partial charge in [-0.25, -0.2) is 0 Å². The fourth-order valence-corrected chi connectivity index (χ4v) is 3.25. The van der Waals surface area contributed by atoms with Gasteiger partial charge in [0.25, 0.3) is 5.91 Å². The van der Waals surface area contributed by atoms with Crippen molar-refractivity contribution >= 4 is 29.3 Å². The lowest BCUT2D eigenvalue weighted by Crippen LogP contribution is -2.31. The van der Waals surface area contributed by atoms with Gasteiger partial charge in [0.15, 0.2) is 0 Å². The maximum atomic E-state index is 12.5. The standard InChI is InChI=1S/C17H17N3O3S/c1-4-9-19-15(21)14(10-18)17-20(16(22)11(2)24-17)12-5-7-13(23-3)8-6-12/h4-8,11H,1,9H2,2-3H3,(H,19,21)/b17-14-. The third-order valence-electron chi connectivity index (χ3n) is 3.35. The maximum absolute atomic E-state index is 12.5. The molecule has 0 bridgehead atoms. The molecule has 0 spiro atoms. The molecular formula is C17H17N3O3S. The molecule has 0 saturated carbocycles. The number of nitriles is 1. The van der Waals surface area contributed by atoms with Crippen molar-refractivity contribution in [3.8, 4) is 11.8 Å². The lowest BCUT2D eigenvalue weighted by atomic mass is 10.2. The van der Waals surface area contributed by atoms with Crippen LogP contribution in [0.1, 0.15) is 6.92 Å². The first-order valence-corrected chi connectivity index (χ1v) is 8.09. The highest BCUT2D eigenvalue weighted by Crippen LogP contribution is 2.40. The number of anilines is 1. The van der Waals surface area contributed by atoms with E-state index >= 15 is 0 Å². The summed E-state index contributed by atoms with van der Waals surface area (Å²) in [5.74, 6) is -0.0504. The second-order valence-corrected chi connectivity index (χ2v) is 6.25. The summed E-state index contributed by atoms with van der Waals surface area (Å²) in [6, 6.07) is 8.78. The van der Waals surface area contributed by atoms with Crippen LogP contribution < -0.4 is 15.0 Å². The second-order valence-electron chi connectivity index (χ2n) is 4.92. The molecule has 1 aliphatic rings. The van der Waals surface area contributed by atoms with Crippen molar-refractivity contribution in [2.75, 3.05) is 18.6 Å². The summed E-state index contributed by atoms with van der Waals surface area (Å²) in [7, 11) is 1.55. The van der Waals surface area contributed by atoms with E-state index in [1.165, 1.54) is 22.7 Å². The van der Waals surface area contributed by atoms with Crippen LogP contribution in [-0.4, -0.2) is 30.7 Å². The topological polar surface area (TPSA) is 82.4 Å². The summed E-state index contributed by atoms with van der Waals surface area (Å²) in [6.07, 6.45) is 1.52. The molecule has 7 heteroatoms. The number of nitrogens with zero attached hydrogens (tertiary/aromatic N) is 2. The number of hydrogen-bond acceptors (Lipinski definition) is 5. The largest absolute Gasteiger partial charge is 0.497 e. The van der Waals surface area contributed by atoms with E-state index in [2.05, 4.69) is 11.9 Å². The molecule has 1 aromatic carbocycles. The SMILES string of the molecule is C=CCNC(=O)/C(C#N)=C1\SC(C)C(=O)N1c1ccc(OC)cc1. The van der Waals surface area contributed by atoms with Crippen LogP contribution in [0.4, 0.5) is 5.69 Å². The number of benzene rings is 1. The zero-order chi connectivity index (χ0) is 17.7. The Morgan fingerprint density at radius 2 is 2.17 bits per heavy atom. The number of ether oxygens (including phenoxy) is 1. The summed E-state index contributed by atoms with van der Waals surface area (Å²) in [4.78, 5) is 26.1. The number of hydrogen-bond donors (Lipinski definition) is 1. The van der Waals surface area contributed by atoms with Crippen molar-refractivity contribution in [2.45, 2.75) is 12.2 Å². The van der Waals surface area contributed by atoms with Crippen molar-refractivity contribution in [3.05, 3.63) is 47.5 Å². The van der Waals surface area contributed by atoms with E-state index in [9.17, 15) is 14.9 Å². The highest BCUT2D eigenvalue weighted by atomic mass is 32.2. The number of carbonyl (C=O) groups excluding carboxylic acids is 2. The van der Waals surface area contributed by atoms with Crippen molar-refractivity contribution in [3.63, 3.8) is 0 Å². The Labute approximate surface area is 144 Å². The Balaban J connectivity index is 2.46. The Kier molecular flexibility index (Phi) is 5.66. The third-order valence-corrected chi connectivity index (χ3v) is 4.52. The van der Waals surface area contributed by atoms with Crippen molar-refractivity contribution in [2.24, 2.45) is 0 Å². The molecule has 1 fully saturated rings. The minimum absolute atomic E-state index is 0.0876. The Morgan fingerprint density at radius 1 is 1.50 bits per heavy atom. The smallest absolute Gasteiger partial charge is 0.264 e. The summed E-state index contributed by atoms with van der Waals surface area (Å²) in [5.41, 5.74) is 0.493. The van der Waals surface area contributed by atoms with Gasteiger partial charge in [-0.3, -0.25) is 14.5 Å². The number of amides is 2. The van der Waals surface area contributed by atoms with Gasteiger partial charge in [-0.1, -0.05) is 17.8 Å². The highest BCUT2D eigenvalue weighted by Gasteiger charge is 2.38. The molecule has 24 heavy (non-hydrogen) atoms. The molecular weight excluding hydrogens is 326 g/mol. The molecule has 1 aromatic rings. The summed E-state index contributed by atoms with van der Waals surface area (Å²) in [6.45, 7) is 5.51. The van der Waals surface area contributed by atoms with Gasteiger partial charge in [0.2, 0.25) is 5.91 Å². The van der Waals surface area contributed by atoms with Crippen LogP contribution in [0, 0.1) is 11.3 Å².